The molecule has 4 heteroatoms. The Hall–Kier alpha value is -1.58. The van der Waals surface area contributed by atoms with E-state index in [4.69, 9.17) is 4.74 Å². The molecule has 19 heavy (non-hydrogen) atoms. The lowest BCUT2D eigenvalue weighted by atomic mass is 10.1. The van der Waals surface area contributed by atoms with Gasteiger partial charge in [-0.25, -0.2) is 4.39 Å². The molecule has 1 fully saturated rings. The Morgan fingerprint density at radius 3 is 2.63 bits per heavy atom. The predicted molar refractivity (Wildman–Crippen MR) is 71.8 cm³/mol. The van der Waals surface area contributed by atoms with Gasteiger partial charge in [-0.1, -0.05) is 0 Å². The third-order valence-electron chi connectivity index (χ3n) is 3.44. The van der Waals surface area contributed by atoms with Gasteiger partial charge in [-0.15, -0.1) is 0 Å². The van der Waals surface area contributed by atoms with Crippen LogP contribution < -0.4 is 4.74 Å². The fourth-order valence-corrected chi connectivity index (χ4v) is 2.06. The number of benzene rings is 1. The quantitative estimate of drug-likeness (QED) is 0.818. The highest BCUT2D eigenvalue weighted by molar-refractivity contribution is 5.94. The number of carbonyl (C=O) groups excluding carboxylic acids is 1. The normalized spacial score (nSPS) is 14.6. The Balaban J connectivity index is 2.20. The standard InChI is InChI=1S/C15H20FNO2/c1-10(2)17(9-11-4-5-11)15(18)13-7-6-12(19-3)8-14(13)16/h6-8,10-11H,4-5,9H2,1-3H3. The number of hydrogen-bond donors (Lipinski definition) is 0. The van der Waals surface area contributed by atoms with Crippen molar-refractivity contribution in [1.29, 1.82) is 0 Å². The van der Waals surface area contributed by atoms with E-state index in [1.54, 1.807) is 11.0 Å². The lowest BCUT2D eigenvalue weighted by Crippen LogP contribution is -2.38. The molecule has 1 amide bonds. The summed E-state index contributed by atoms with van der Waals surface area (Å²) < 4.78 is 18.9. The first-order valence-electron chi connectivity index (χ1n) is 6.67. The van der Waals surface area contributed by atoms with Crippen molar-refractivity contribution < 1.29 is 13.9 Å². The van der Waals surface area contributed by atoms with Gasteiger partial charge in [-0.2, -0.15) is 0 Å². The van der Waals surface area contributed by atoms with Crippen LogP contribution in [0, 0.1) is 11.7 Å². The molecule has 3 nitrogen and oxygen atoms in total. The molecule has 0 aromatic heterocycles. The first-order valence-corrected chi connectivity index (χ1v) is 6.67. The number of nitrogens with zero attached hydrogens (tertiary/aromatic N) is 1. The van der Waals surface area contributed by atoms with E-state index < -0.39 is 5.82 Å². The van der Waals surface area contributed by atoms with Crippen LogP contribution in [-0.2, 0) is 0 Å². The number of hydrogen-bond acceptors (Lipinski definition) is 2. The largest absolute Gasteiger partial charge is 0.497 e. The van der Waals surface area contributed by atoms with E-state index in [-0.39, 0.29) is 17.5 Å². The number of halogens is 1. The van der Waals surface area contributed by atoms with Crippen LogP contribution in [0.4, 0.5) is 4.39 Å². The van der Waals surface area contributed by atoms with Crippen LogP contribution in [-0.4, -0.2) is 30.5 Å². The summed E-state index contributed by atoms with van der Waals surface area (Å²) in [5.41, 5.74) is 0.121. The zero-order valence-corrected chi connectivity index (χ0v) is 11.6. The number of amides is 1. The molecule has 0 heterocycles. The Labute approximate surface area is 113 Å². The van der Waals surface area contributed by atoms with Gasteiger partial charge in [-0.05, 0) is 44.7 Å². The van der Waals surface area contributed by atoms with Crippen LogP contribution in [0.5, 0.6) is 5.75 Å². The molecule has 1 aromatic rings. The molecule has 104 valence electrons. The molecule has 2 rings (SSSR count). The summed E-state index contributed by atoms with van der Waals surface area (Å²) in [6.45, 7) is 4.64. The van der Waals surface area contributed by atoms with Crippen molar-refractivity contribution >= 4 is 5.91 Å². The monoisotopic (exact) mass is 265 g/mol. The lowest BCUT2D eigenvalue weighted by molar-refractivity contribution is 0.0691. The third-order valence-corrected chi connectivity index (χ3v) is 3.44. The minimum Gasteiger partial charge on any atom is -0.497 e. The SMILES string of the molecule is COc1ccc(C(=O)N(CC2CC2)C(C)C)c(F)c1. The van der Waals surface area contributed by atoms with Crippen LogP contribution in [0.2, 0.25) is 0 Å². The molecular formula is C15H20FNO2. The zero-order chi connectivity index (χ0) is 14.0. The summed E-state index contributed by atoms with van der Waals surface area (Å²) in [6.07, 6.45) is 2.34. The molecule has 0 radical (unpaired) electrons. The van der Waals surface area contributed by atoms with Crippen molar-refractivity contribution in [3.63, 3.8) is 0 Å². The van der Waals surface area contributed by atoms with E-state index in [2.05, 4.69) is 0 Å². The summed E-state index contributed by atoms with van der Waals surface area (Å²) in [7, 11) is 1.48. The zero-order valence-electron chi connectivity index (χ0n) is 11.6. The van der Waals surface area contributed by atoms with Gasteiger partial charge in [-0.3, -0.25) is 4.79 Å². The highest BCUT2D eigenvalue weighted by Gasteiger charge is 2.29. The van der Waals surface area contributed by atoms with Crippen molar-refractivity contribution in [2.24, 2.45) is 5.92 Å². The summed E-state index contributed by atoms with van der Waals surface area (Å²) in [5, 5.41) is 0. The molecule has 0 unspecified atom stereocenters. The van der Waals surface area contributed by atoms with Gasteiger partial charge < -0.3 is 9.64 Å². The van der Waals surface area contributed by atoms with Gasteiger partial charge in [0.05, 0.1) is 12.7 Å². The summed E-state index contributed by atoms with van der Waals surface area (Å²) >= 11 is 0. The molecule has 1 aliphatic rings. The van der Waals surface area contributed by atoms with Crippen LogP contribution >= 0.6 is 0 Å². The van der Waals surface area contributed by atoms with E-state index in [1.807, 2.05) is 13.8 Å². The maximum Gasteiger partial charge on any atom is 0.257 e. The fraction of sp³-hybridized carbons (Fsp3) is 0.533. The molecule has 1 saturated carbocycles. The number of carbonyl (C=O) groups is 1. The van der Waals surface area contributed by atoms with Crippen molar-refractivity contribution in [3.8, 4) is 5.75 Å². The van der Waals surface area contributed by atoms with Gasteiger partial charge in [0, 0.05) is 18.7 Å². The maximum atomic E-state index is 13.9. The molecule has 0 spiro atoms. The number of ether oxygens (including phenoxy) is 1. The molecule has 0 bridgehead atoms. The Morgan fingerprint density at radius 2 is 2.16 bits per heavy atom. The van der Waals surface area contributed by atoms with Crippen molar-refractivity contribution in [2.75, 3.05) is 13.7 Å². The van der Waals surface area contributed by atoms with Gasteiger partial charge in [0.15, 0.2) is 0 Å². The van der Waals surface area contributed by atoms with Crippen LogP contribution in [0.3, 0.4) is 0 Å². The average molecular weight is 265 g/mol. The summed E-state index contributed by atoms with van der Waals surface area (Å²) in [5.74, 6) is 0.257. The van der Waals surface area contributed by atoms with Crippen molar-refractivity contribution in [3.05, 3.63) is 29.6 Å². The second-order valence-electron chi connectivity index (χ2n) is 5.34. The topological polar surface area (TPSA) is 29.5 Å². The van der Waals surface area contributed by atoms with Crippen LogP contribution in [0.15, 0.2) is 18.2 Å². The smallest absolute Gasteiger partial charge is 0.257 e. The lowest BCUT2D eigenvalue weighted by Gasteiger charge is -2.27. The highest BCUT2D eigenvalue weighted by atomic mass is 19.1. The Morgan fingerprint density at radius 1 is 1.47 bits per heavy atom. The van der Waals surface area contributed by atoms with Crippen LogP contribution in [0.1, 0.15) is 37.0 Å². The third kappa shape index (κ3) is 3.25. The van der Waals surface area contributed by atoms with Gasteiger partial charge in [0.2, 0.25) is 0 Å². The first-order chi connectivity index (χ1) is 9.02. The van der Waals surface area contributed by atoms with Gasteiger partial charge in [0.1, 0.15) is 11.6 Å². The first kappa shape index (κ1) is 13.8. The Kier molecular flexibility index (Phi) is 4.08. The Bertz CT molecular complexity index is 469. The van der Waals surface area contributed by atoms with E-state index in [0.717, 1.165) is 6.54 Å². The van der Waals surface area contributed by atoms with E-state index in [0.29, 0.717) is 11.7 Å². The number of methoxy groups -OCH3 is 1. The van der Waals surface area contributed by atoms with Crippen LogP contribution in [0.25, 0.3) is 0 Å². The molecule has 1 aliphatic carbocycles. The second-order valence-corrected chi connectivity index (χ2v) is 5.34. The minimum atomic E-state index is -0.522. The van der Waals surface area contributed by atoms with E-state index >= 15 is 0 Å². The average Bonchev–Trinajstić information content (AvgIpc) is 3.18. The summed E-state index contributed by atoms with van der Waals surface area (Å²) in [4.78, 5) is 14.2. The molecule has 0 atom stereocenters. The van der Waals surface area contributed by atoms with Crippen molar-refractivity contribution in [2.45, 2.75) is 32.7 Å². The highest BCUT2D eigenvalue weighted by Crippen LogP contribution is 2.31. The van der Waals surface area contributed by atoms with Gasteiger partial charge >= 0.3 is 0 Å². The molecule has 0 N–H and O–H groups in total. The predicted octanol–water partition coefficient (Wildman–Crippen LogP) is 3.09. The minimum absolute atomic E-state index is 0.0783. The second kappa shape index (κ2) is 5.59. The molecular weight excluding hydrogens is 245 g/mol. The van der Waals surface area contributed by atoms with E-state index in [1.165, 1.54) is 32.1 Å². The van der Waals surface area contributed by atoms with E-state index in [9.17, 15) is 9.18 Å². The maximum absolute atomic E-state index is 13.9. The van der Waals surface area contributed by atoms with Crippen molar-refractivity contribution in [1.82, 2.24) is 4.90 Å². The molecule has 0 aliphatic heterocycles. The molecule has 1 aromatic carbocycles. The van der Waals surface area contributed by atoms with Gasteiger partial charge in [0.25, 0.3) is 5.91 Å². The fourth-order valence-electron chi connectivity index (χ4n) is 2.06. The summed E-state index contributed by atoms with van der Waals surface area (Å²) in [6, 6.07) is 4.45. The molecule has 0 saturated heterocycles. The number of rotatable bonds is 5.